The number of nitrogens with one attached hydrogen (secondary N) is 1. The molecule has 1 atom stereocenters. The Morgan fingerprint density at radius 3 is 2.58 bits per heavy atom. The van der Waals surface area contributed by atoms with Gasteiger partial charge in [0.1, 0.15) is 0 Å². The number of Topliss-reactive ketones (excluding diaryl/α,β-unsaturated/α-hetero) is 1. The Hall–Kier alpha value is -1.55. The van der Waals surface area contributed by atoms with Crippen molar-refractivity contribution in [3.8, 4) is 11.5 Å². The van der Waals surface area contributed by atoms with E-state index in [0.717, 1.165) is 25.8 Å². The summed E-state index contributed by atoms with van der Waals surface area (Å²) in [4.78, 5) is 12.7. The van der Waals surface area contributed by atoms with E-state index in [9.17, 15) is 4.79 Å². The highest BCUT2D eigenvalue weighted by Crippen LogP contribution is 2.32. The van der Waals surface area contributed by atoms with Crippen LogP contribution in [0, 0.1) is 0 Å². The first-order chi connectivity index (χ1) is 9.16. The highest BCUT2D eigenvalue weighted by Gasteiger charge is 2.39. The molecule has 19 heavy (non-hydrogen) atoms. The van der Waals surface area contributed by atoms with Crippen LogP contribution in [0.1, 0.15) is 36.5 Å². The lowest BCUT2D eigenvalue weighted by Crippen LogP contribution is -2.47. The molecule has 1 aliphatic rings. The molecule has 0 spiro atoms. The molecule has 1 N–H and O–H groups in total. The predicted octanol–water partition coefficient (Wildman–Crippen LogP) is 2.42. The van der Waals surface area contributed by atoms with E-state index < -0.39 is 5.54 Å². The van der Waals surface area contributed by atoms with Crippen molar-refractivity contribution < 1.29 is 14.3 Å². The molecule has 1 heterocycles. The van der Waals surface area contributed by atoms with Crippen LogP contribution in [0.25, 0.3) is 0 Å². The molecule has 0 bridgehead atoms. The summed E-state index contributed by atoms with van der Waals surface area (Å²) in [6.07, 6.45) is 2.75. The third-order valence-corrected chi connectivity index (χ3v) is 3.93. The van der Waals surface area contributed by atoms with Gasteiger partial charge in [-0.05, 0) is 44.0 Å². The first-order valence-corrected chi connectivity index (χ1v) is 6.68. The van der Waals surface area contributed by atoms with Gasteiger partial charge in [-0.25, -0.2) is 0 Å². The number of hydrogen-bond acceptors (Lipinski definition) is 4. The second-order valence-corrected chi connectivity index (χ2v) is 4.86. The van der Waals surface area contributed by atoms with Crippen LogP contribution in [0.2, 0.25) is 0 Å². The van der Waals surface area contributed by atoms with Crippen LogP contribution in [0.15, 0.2) is 18.2 Å². The van der Waals surface area contributed by atoms with Crippen molar-refractivity contribution in [1.29, 1.82) is 0 Å². The van der Waals surface area contributed by atoms with E-state index in [4.69, 9.17) is 9.47 Å². The number of ketones is 1. The van der Waals surface area contributed by atoms with Crippen molar-refractivity contribution in [3.05, 3.63) is 23.8 Å². The van der Waals surface area contributed by atoms with E-state index in [1.807, 2.05) is 0 Å². The molecule has 4 heteroatoms. The van der Waals surface area contributed by atoms with E-state index >= 15 is 0 Å². The van der Waals surface area contributed by atoms with Gasteiger partial charge in [0.25, 0.3) is 0 Å². The van der Waals surface area contributed by atoms with Crippen molar-refractivity contribution in [2.24, 2.45) is 0 Å². The molecule has 0 saturated carbocycles. The summed E-state index contributed by atoms with van der Waals surface area (Å²) in [6.45, 7) is 2.96. The van der Waals surface area contributed by atoms with Gasteiger partial charge in [-0.2, -0.15) is 0 Å². The molecule has 4 nitrogen and oxygen atoms in total. The Balaban J connectivity index is 2.33. The van der Waals surface area contributed by atoms with E-state index in [1.54, 1.807) is 32.4 Å². The number of benzene rings is 1. The number of carbonyl (C=O) groups excluding carboxylic acids is 1. The van der Waals surface area contributed by atoms with Crippen molar-refractivity contribution >= 4 is 5.78 Å². The smallest absolute Gasteiger partial charge is 0.182 e. The molecular formula is C15H21NO3. The molecule has 0 amide bonds. The number of ether oxygens (including phenoxy) is 2. The zero-order valence-corrected chi connectivity index (χ0v) is 11.8. The fourth-order valence-electron chi connectivity index (χ4n) is 2.72. The third kappa shape index (κ3) is 2.45. The van der Waals surface area contributed by atoms with Gasteiger partial charge in [0, 0.05) is 5.56 Å². The Morgan fingerprint density at radius 1 is 1.32 bits per heavy atom. The number of rotatable bonds is 5. The molecule has 1 aliphatic heterocycles. The quantitative estimate of drug-likeness (QED) is 0.829. The van der Waals surface area contributed by atoms with Crippen LogP contribution in [-0.2, 0) is 0 Å². The molecule has 1 fully saturated rings. The number of carbonyl (C=O) groups is 1. The summed E-state index contributed by atoms with van der Waals surface area (Å²) in [5.74, 6) is 1.38. The standard InChI is InChI=1S/C15H21NO3/c1-4-15(8-5-9-16-15)14(17)11-6-7-12(18-2)13(10-11)19-3/h6-7,10,16H,4-5,8-9H2,1-3H3. The summed E-state index contributed by atoms with van der Waals surface area (Å²) in [7, 11) is 3.17. The van der Waals surface area contributed by atoms with Gasteiger partial charge >= 0.3 is 0 Å². The van der Waals surface area contributed by atoms with Crippen LogP contribution in [-0.4, -0.2) is 32.1 Å². The molecular weight excluding hydrogens is 242 g/mol. The molecule has 104 valence electrons. The maximum absolute atomic E-state index is 12.7. The lowest BCUT2D eigenvalue weighted by Gasteiger charge is -2.26. The summed E-state index contributed by atoms with van der Waals surface area (Å²) in [5.41, 5.74) is 0.272. The molecule has 1 saturated heterocycles. The fraction of sp³-hybridized carbons (Fsp3) is 0.533. The summed E-state index contributed by atoms with van der Waals surface area (Å²) >= 11 is 0. The van der Waals surface area contributed by atoms with Crippen LogP contribution in [0.3, 0.4) is 0 Å². The minimum absolute atomic E-state index is 0.147. The monoisotopic (exact) mass is 263 g/mol. The second kappa shape index (κ2) is 5.61. The predicted molar refractivity (Wildman–Crippen MR) is 74.1 cm³/mol. The fourth-order valence-corrected chi connectivity index (χ4v) is 2.72. The zero-order chi connectivity index (χ0) is 13.9. The summed E-state index contributed by atoms with van der Waals surface area (Å²) in [5, 5.41) is 3.36. The van der Waals surface area contributed by atoms with Gasteiger partial charge in [0.15, 0.2) is 17.3 Å². The van der Waals surface area contributed by atoms with Gasteiger partial charge in [0.05, 0.1) is 19.8 Å². The van der Waals surface area contributed by atoms with E-state index in [-0.39, 0.29) is 5.78 Å². The average Bonchev–Trinajstić information content (AvgIpc) is 2.95. The SMILES string of the molecule is CCC1(C(=O)c2ccc(OC)c(OC)c2)CCCN1. The van der Waals surface area contributed by atoms with Crippen LogP contribution in [0.4, 0.5) is 0 Å². The van der Waals surface area contributed by atoms with Crippen molar-refractivity contribution in [2.45, 2.75) is 31.7 Å². The molecule has 1 aromatic carbocycles. The topological polar surface area (TPSA) is 47.6 Å². The van der Waals surface area contributed by atoms with Crippen molar-refractivity contribution in [1.82, 2.24) is 5.32 Å². The lowest BCUT2D eigenvalue weighted by molar-refractivity contribution is 0.0863. The first-order valence-electron chi connectivity index (χ1n) is 6.68. The highest BCUT2D eigenvalue weighted by molar-refractivity contribution is 6.03. The molecule has 2 rings (SSSR count). The maximum Gasteiger partial charge on any atom is 0.182 e. The Bertz CT molecular complexity index is 464. The molecule has 0 aromatic heterocycles. The van der Waals surface area contributed by atoms with Crippen molar-refractivity contribution in [3.63, 3.8) is 0 Å². The minimum Gasteiger partial charge on any atom is -0.493 e. The summed E-state index contributed by atoms with van der Waals surface area (Å²) in [6, 6.07) is 5.35. The number of methoxy groups -OCH3 is 2. The van der Waals surface area contributed by atoms with Gasteiger partial charge in [-0.15, -0.1) is 0 Å². The Kier molecular flexibility index (Phi) is 4.10. The van der Waals surface area contributed by atoms with E-state index in [0.29, 0.717) is 17.1 Å². The summed E-state index contributed by atoms with van der Waals surface area (Å²) < 4.78 is 10.5. The normalized spacial score (nSPS) is 22.3. The lowest BCUT2D eigenvalue weighted by atomic mass is 9.85. The second-order valence-electron chi connectivity index (χ2n) is 4.86. The third-order valence-electron chi connectivity index (χ3n) is 3.93. The zero-order valence-electron chi connectivity index (χ0n) is 11.8. The van der Waals surface area contributed by atoms with E-state index in [2.05, 4.69) is 12.2 Å². The number of hydrogen-bond donors (Lipinski definition) is 1. The molecule has 0 radical (unpaired) electrons. The van der Waals surface area contributed by atoms with Crippen molar-refractivity contribution in [2.75, 3.05) is 20.8 Å². The molecule has 1 aromatic rings. The maximum atomic E-state index is 12.7. The van der Waals surface area contributed by atoms with Crippen LogP contribution >= 0.6 is 0 Å². The van der Waals surface area contributed by atoms with Crippen LogP contribution < -0.4 is 14.8 Å². The van der Waals surface area contributed by atoms with Crippen LogP contribution in [0.5, 0.6) is 11.5 Å². The van der Waals surface area contributed by atoms with Gasteiger partial charge in [-0.1, -0.05) is 6.92 Å². The Morgan fingerprint density at radius 2 is 2.05 bits per heavy atom. The highest BCUT2D eigenvalue weighted by atomic mass is 16.5. The van der Waals surface area contributed by atoms with Gasteiger partial charge in [-0.3, -0.25) is 4.79 Å². The Labute approximate surface area is 114 Å². The average molecular weight is 263 g/mol. The molecule has 1 unspecified atom stereocenters. The largest absolute Gasteiger partial charge is 0.493 e. The molecule has 0 aliphatic carbocycles. The van der Waals surface area contributed by atoms with Gasteiger partial charge < -0.3 is 14.8 Å². The first kappa shape index (κ1) is 13.9. The minimum atomic E-state index is -0.403. The van der Waals surface area contributed by atoms with E-state index in [1.165, 1.54) is 0 Å². The van der Waals surface area contributed by atoms with Gasteiger partial charge in [0.2, 0.25) is 0 Å².